The van der Waals surface area contributed by atoms with Crippen molar-refractivity contribution in [3.63, 3.8) is 0 Å². The summed E-state index contributed by atoms with van der Waals surface area (Å²) in [5.41, 5.74) is 4.48. The van der Waals surface area contributed by atoms with Gasteiger partial charge in [-0.2, -0.15) is 0 Å². The van der Waals surface area contributed by atoms with Crippen molar-refractivity contribution in [3.05, 3.63) is 95.2 Å². The van der Waals surface area contributed by atoms with E-state index in [1.54, 1.807) is 30.3 Å². The summed E-state index contributed by atoms with van der Waals surface area (Å²) in [5, 5.41) is 2.63. The molecule has 1 heterocycles. The molecule has 196 valence electrons. The highest BCUT2D eigenvalue weighted by Gasteiger charge is 2.41. The first kappa shape index (κ1) is 25.0. The standard InChI is InChI=1S/C31H26N2O5S/c1-18-7-6-10-24-23(18)15-16-25-27(24)30(35)31(36)28-26(20-8-4-3-5-9-20)17-33(29(25)28)39(37,38)22-13-11-21(12-14-22)32-19(2)34/h3-5,8-9,11-18H,6-7,10H2,1-2H3,(H,32,34). The largest absolute Gasteiger partial charge is 0.326 e. The zero-order chi connectivity index (χ0) is 27.5. The molecule has 0 spiro atoms. The van der Waals surface area contributed by atoms with Crippen LogP contribution >= 0.6 is 0 Å². The molecule has 1 N–H and O–H groups in total. The number of carbonyl (C=O) groups excluding carboxylic acids is 3. The summed E-state index contributed by atoms with van der Waals surface area (Å²) in [4.78, 5) is 38.8. The van der Waals surface area contributed by atoms with Crippen LogP contribution in [0.1, 0.15) is 64.4 Å². The molecule has 1 aromatic heterocycles. The number of ketones is 2. The van der Waals surface area contributed by atoms with E-state index < -0.39 is 21.6 Å². The van der Waals surface area contributed by atoms with Crippen molar-refractivity contribution in [2.75, 3.05) is 5.32 Å². The second-order valence-electron chi connectivity index (χ2n) is 10.1. The molecule has 0 fully saturated rings. The summed E-state index contributed by atoms with van der Waals surface area (Å²) in [5.74, 6) is -1.30. The molecule has 0 saturated carbocycles. The molecule has 3 aromatic carbocycles. The van der Waals surface area contributed by atoms with Gasteiger partial charge in [-0.15, -0.1) is 0 Å². The number of amides is 1. The van der Waals surface area contributed by atoms with Gasteiger partial charge in [0.25, 0.3) is 10.0 Å². The Kier molecular flexibility index (Phi) is 5.88. The van der Waals surface area contributed by atoms with E-state index >= 15 is 0 Å². The summed E-state index contributed by atoms with van der Waals surface area (Å²) in [6.07, 6.45) is 4.00. The van der Waals surface area contributed by atoms with Crippen molar-refractivity contribution in [3.8, 4) is 22.4 Å². The van der Waals surface area contributed by atoms with Crippen molar-refractivity contribution < 1.29 is 22.8 Å². The number of hydrogen-bond donors (Lipinski definition) is 1. The number of hydrogen-bond acceptors (Lipinski definition) is 5. The number of aromatic nitrogens is 1. The third-order valence-electron chi connectivity index (χ3n) is 7.65. The van der Waals surface area contributed by atoms with Crippen LogP contribution in [-0.4, -0.2) is 29.9 Å². The van der Waals surface area contributed by atoms with Gasteiger partial charge in [0, 0.05) is 35.5 Å². The van der Waals surface area contributed by atoms with Gasteiger partial charge in [0.2, 0.25) is 17.5 Å². The van der Waals surface area contributed by atoms with Crippen LogP contribution in [0.4, 0.5) is 5.69 Å². The van der Waals surface area contributed by atoms with Crippen molar-refractivity contribution in [1.82, 2.24) is 3.97 Å². The van der Waals surface area contributed by atoms with Crippen molar-refractivity contribution in [2.45, 2.75) is 43.9 Å². The molecule has 8 heteroatoms. The zero-order valence-electron chi connectivity index (χ0n) is 21.5. The molecule has 0 radical (unpaired) electrons. The topological polar surface area (TPSA) is 102 Å². The van der Waals surface area contributed by atoms with Gasteiger partial charge in [-0.1, -0.05) is 49.4 Å². The van der Waals surface area contributed by atoms with Crippen molar-refractivity contribution in [2.24, 2.45) is 0 Å². The average Bonchev–Trinajstić information content (AvgIpc) is 3.34. The lowest BCUT2D eigenvalue weighted by Crippen LogP contribution is -2.26. The van der Waals surface area contributed by atoms with Crippen LogP contribution in [0, 0.1) is 0 Å². The van der Waals surface area contributed by atoms with Gasteiger partial charge >= 0.3 is 0 Å². The Balaban J connectivity index is 1.63. The number of fused-ring (bicyclic) bond motifs is 5. The van der Waals surface area contributed by atoms with Gasteiger partial charge in [-0.05, 0) is 66.1 Å². The highest BCUT2D eigenvalue weighted by atomic mass is 32.2. The second kappa shape index (κ2) is 9.17. The molecule has 0 saturated heterocycles. The van der Waals surface area contributed by atoms with E-state index in [0.717, 1.165) is 27.9 Å². The molecule has 6 rings (SSSR count). The summed E-state index contributed by atoms with van der Waals surface area (Å²) in [6, 6.07) is 18.6. The monoisotopic (exact) mass is 538 g/mol. The van der Waals surface area contributed by atoms with E-state index in [1.165, 1.54) is 37.4 Å². The van der Waals surface area contributed by atoms with Crippen LogP contribution in [0.15, 0.2) is 77.8 Å². The predicted molar refractivity (Wildman–Crippen MR) is 149 cm³/mol. The maximum absolute atomic E-state index is 14.1. The van der Waals surface area contributed by atoms with Crippen LogP contribution in [-0.2, 0) is 21.2 Å². The first-order valence-electron chi connectivity index (χ1n) is 12.9. The minimum atomic E-state index is -4.19. The van der Waals surface area contributed by atoms with Crippen LogP contribution in [0.5, 0.6) is 0 Å². The summed E-state index contributed by atoms with van der Waals surface area (Å²) < 4.78 is 29.3. The second-order valence-corrected chi connectivity index (χ2v) is 12.0. The first-order chi connectivity index (χ1) is 18.7. The first-order valence-corrected chi connectivity index (χ1v) is 14.3. The van der Waals surface area contributed by atoms with Gasteiger partial charge in [-0.25, -0.2) is 12.4 Å². The molecule has 7 nitrogen and oxygen atoms in total. The van der Waals surface area contributed by atoms with Gasteiger partial charge < -0.3 is 5.32 Å². The predicted octanol–water partition coefficient (Wildman–Crippen LogP) is 5.84. The molecule has 1 unspecified atom stereocenters. The van der Waals surface area contributed by atoms with E-state index in [2.05, 4.69) is 12.2 Å². The Labute approximate surface area is 226 Å². The van der Waals surface area contributed by atoms with Crippen LogP contribution < -0.4 is 5.32 Å². The summed E-state index contributed by atoms with van der Waals surface area (Å²) in [6.45, 7) is 3.48. The third-order valence-corrected chi connectivity index (χ3v) is 9.32. The fourth-order valence-corrected chi connectivity index (χ4v) is 7.22. The molecular formula is C31H26N2O5S. The van der Waals surface area contributed by atoms with E-state index in [9.17, 15) is 22.8 Å². The Morgan fingerprint density at radius 2 is 1.59 bits per heavy atom. The number of rotatable bonds is 4. The quantitative estimate of drug-likeness (QED) is 0.329. The molecular weight excluding hydrogens is 512 g/mol. The molecule has 0 aliphatic heterocycles. The van der Waals surface area contributed by atoms with E-state index in [-0.39, 0.29) is 28.0 Å². The number of nitrogens with one attached hydrogen (secondary N) is 1. The van der Waals surface area contributed by atoms with Crippen molar-refractivity contribution in [1.29, 1.82) is 0 Å². The summed E-state index contributed by atoms with van der Waals surface area (Å²) >= 11 is 0. The maximum Gasteiger partial charge on any atom is 0.268 e. The van der Waals surface area contributed by atoms with E-state index in [1.807, 2.05) is 12.1 Å². The molecule has 2 aliphatic carbocycles. The summed E-state index contributed by atoms with van der Waals surface area (Å²) in [7, 11) is -4.19. The molecule has 1 atom stereocenters. The number of anilines is 1. The van der Waals surface area contributed by atoms with E-state index in [4.69, 9.17) is 0 Å². The Hall–Kier alpha value is -4.30. The zero-order valence-corrected chi connectivity index (χ0v) is 22.3. The van der Waals surface area contributed by atoms with Gasteiger partial charge in [0.15, 0.2) is 0 Å². The number of carbonyl (C=O) groups is 3. The van der Waals surface area contributed by atoms with Crippen LogP contribution in [0.25, 0.3) is 22.4 Å². The Bertz CT molecular complexity index is 1780. The molecule has 39 heavy (non-hydrogen) atoms. The Morgan fingerprint density at radius 1 is 0.897 bits per heavy atom. The highest BCUT2D eigenvalue weighted by molar-refractivity contribution is 7.90. The SMILES string of the molecule is CC(=O)Nc1ccc(S(=O)(=O)n2cc(-c3ccccc3)c3c2-c2ccc4c(c2C(=O)C3=O)CCCC4C)cc1. The highest BCUT2D eigenvalue weighted by Crippen LogP contribution is 2.46. The number of benzene rings is 3. The minimum absolute atomic E-state index is 0.00788. The van der Waals surface area contributed by atoms with Gasteiger partial charge in [0.05, 0.1) is 16.2 Å². The van der Waals surface area contributed by atoms with Crippen molar-refractivity contribution >= 4 is 33.2 Å². The van der Waals surface area contributed by atoms with Gasteiger partial charge in [0.1, 0.15) is 0 Å². The lowest BCUT2D eigenvalue weighted by Gasteiger charge is -2.28. The lowest BCUT2D eigenvalue weighted by atomic mass is 9.75. The fourth-order valence-electron chi connectivity index (χ4n) is 5.84. The van der Waals surface area contributed by atoms with E-state index in [0.29, 0.717) is 34.4 Å². The molecule has 0 bridgehead atoms. The number of Topliss-reactive ketones (excluding diaryl/α,β-unsaturated/α-hetero) is 2. The lowest BCUT2D eigenvalue weighted by molar-refractivity contribution is -0.114. The average molecular weight is 539 g/mol. The van der Waals surface area contributed by atoms with Gasteiger partial charge in [-0.3, -0.25) is 14.4 Å². The van der Waals surface area contributed by atoms with Crippen LogP contribution in [0.3, 0.4) is 0 Å². The molecule has 4 aromatic rings. The molecule has 2 aliphatic rings. The minimum Gasteiger partial charge on any atom is -0.326 e. The fraction of sp³-hybridized carbons (Fsp3) is 0.194. The maximum atomic E-state index is 14.1. The Morgan fingerprint density at radius 3 is 2.28 bits per heavy atom. The van der Waals surface area contributed by atoms with Crippen LogP contribution in [0.2, 0.25) is 0 Å². The normalized spacial score (nSPS) is 16.3. The third kappa shape index (κ3) is 3.94. The molecule has 1 amide bonds. The smallest absolute Gasteiger partial charge is 0.268 e. The number of nitrogens with zero attached hydrogens (tertiary/aromatic N) is 1.